The van der Waals surface area contributed by atoms with Gasteiger partial charge in [-0.05, 0) is 55.8 Å². The monoisotopic (exact) mass is 398 g/mol. The van der Waals surface area contributed by atoms with Crippen LogP contribution in [0.15, 0.2) is 59.2 Å². The van der Waals surface area contributed by atoms with Crippen LogP contribution in [0, 0.1) is 6.92 Å². The van der Waals surface area contributed by atoms with Gasteiger partial charge >= 0.3 is 0 Å². The van der Waals surface area contributed by atoms with Gasteiger partial charge in [-0.1, -0.05) is 28.1 Å². The summed E-state index contributed by atoms with van der Waals surface area (Å²) in [5.41, 5.74) is 2.95. The summed E-state index contributed by atoms with van der Waals surface area (Å²) < 4.78 is 6.70. The van der Waals surface area contributed by atoms with E-state index in [1.54, 1.807) is 6.20 Å². The maximum absolute atomic E-state index is 5.63. The van der Waals surface area contributed by atoms with Crippen molar-refractivity contribution in [1.82, 2.24) is 9.97 Å². The van der Waals surface area contributed by atoms with E-state index >= 15 is 0 Å². The van der Waals surface area contributed by atoms with E-state index in [1.165, 1.54) is 0 Å². The minimum absolute atomic E-state index is 0.528. The highest BCUT2D eigenvalue weighted by atomic mass is 79.9. The fourth-order valence-electron chi connectivity index (χ4n) is 2.33. The van der Waals surface area contributed by atoms with Crippen LogP contribution < -0.4 is 15.4 Å². The normalized spacial score (nSPS) is 10.4. The number of para-hydroxylation sites is 2. The molecule has 25 heavy (non-hydrogen) atoms. The number of nitrogens with zero attached hydrogens (tertiary/aromatic N) is 2. The minimum atomic E-state index is 0.528. The van der Waals surface area contributed by atoms with Crippen LogP contribution in [0.1, 0.15) is 12.5 Å². The summed E-state index contributed by atoms with van der Waals surface area (Å²) in [7, 11) is 0. The summed E-state index contributed by atoms with van der Waals surface area (Å²) >= 11 is 3.50. The average molecular weight is 399 g/mol. The van der Waals surface area contributed by atoms with Crippen molar-refractivity contribution in [1.29, 1.82) is 0 Å². The zero-order valence-corrected chi connectivity index (χ0v) is 15.7. The lowest BCUT2D eigenvalue weighted by Crippen LogP contribution is -2.02. The molecule has 0 unspecified atom stereocenters. The van der Waals surface area contributed by atoms with Gasteiger partial charge in [0, 0.05) is 16.4 Å². The maximum Gasteiger partial charge on any atom is 0.229 e. The van der Waals surface area contributed by atoms with Crippen LogP contribution >= 0.6 is 15.9 Å². The third kappa shape index (κ3) is 4.48. The number of hydrogen-bond acceptors (Lipinski definition) is 5. The first-order valence-corrected chi connectivity index (χ1v) is 8.80. The molecule has 0 amide bonds. The number of aromatic nitrogens is 2. The summed E-state index contributed by atoms with van der Waals surface area (Å²) in [4.78, 5) is 8.80. The Balaban J connectivity index is 1.78. The fraction of sp³-hybridized carbons (Fsp3) is 0.158. The Morgan fingerprint density at radius 2 is 1.92 bits per heavy atom. The lowest BCUT2D eigenvalue weighted by atomic mass is 10.2. The molecule has 0 atom stereocenters. The van der Waals surface area contributed by atoms with E-state index in [1.807, 2.05) is 62.4 Å². The Morgan fingerprint density at radius 1 is 1.08 bits per heavy atom. The molecule has 3 aromatic rings. The summed E-state index contributed by atoms with van der Waals surface area (Å²) in [5, 5.41) is 6.50. The van der Waals surface area contributed by atoms with Gasteiger partial charge in [0.2, 0.25) is 5.95 Å². The topological polar surface area (TPSA) is 59.1 Å². The van der Waals surface area contributed by atoms with Gasteiger partial charge in [0.05, 0.1) is 12.3 Å². The molecule has 6 heteroatoms. The number of benzene rings is 2. The molecule has 0 bridgehead atoms. The number of anilines is 4. The zero-order valence-electron chi connectivity index (χ0n) is 14.1. The van der Waals surface area contributed by atoms with Crippen LogP contribution in [0.2, 0.25) is 0 Å². The van der Waals surface area contributed by atoms with E-state index in [0.29, 0.717) is 18.4 Å². The maximum atomic E-state index is 5.63. The van der Waals surface area contributed by atoms with Gasteiger partial charge in [-0.2, -0.15) is 4.98 Å². The Morgan fingerprint density at radius 3 is 2.72 bits per heavy atom. The Kier molecular flexibility index (Phi) is 5.50. The smallest absolute Gasteiger partial charge is 0.229 e. The van der Waals surface area contributed by atoms with Crippen molar-refractivity contribution in [2.75, 3.05) is 17.2 Å². The number of nitrogens with one attached hydrogen (secondary N) is 2. The van der Waals surface area contributed by atoms with Crippen LogP contribution in [0.5, 0.6) is 5.75 Å². The van der Waals surface area contributed by atoms with E-state index in [0.717, 1.165) is 27.2 Å². The van der Waals surface area contributed by atoms with Crippen LogP contribution in [-0.2, 0) is 0 Å². The SMILES string of the molecule is CCOc1ccccc1Nc1ccnc(Nc2ccc(Br)c(C)c2)n1. The highest BCUT2D eigenvalue weighted by molar-refractivity contribution is 9.10. The molecule has 0 saturated heterocycles. The molecule has 0 aliphatic heterocycles. The quantitative estimate of drug-likeness (QED) is 0.579. The lowest BCUT2D eigenvalue weighted by molar-refractivity contribution is 0.342. The van der Waals surface area contributed by atoms with Gasteiger partial charge in [-0.25, -0.2) is 4.98 Å². The van der Waals surface area contributed by atoms with Crippen molar-refractivity contribution in [2.24, 2.45) is 0 Å². The molecule has 2 aromatic carbocycles. The third-order valence-electron chi connectivity index (χ3n) is 3.52. The van der Waals surface area contributed by atoms with E-state index < -0.39 is 0 Å². The summed E-state index contributed by atoms with van der Waals surface area (Å²) in [6.45, 7) is 4.61. The van der Waals surface area contributed by atoms with Gasteiger partial charge in [0.25, 0.3) is 0 Å². The molecule has 1 heterocycles. The average Bonchev–Trinajstić information content (AvgIpc) is 2.61. The van der Waals surface area contributed by atoms with E-state index in [2.05, 4.69) is 36.5 Å². The van der Waals surface area contributed by atoms with Gasteiger partial charge in [-0.15, -0.1) is 0 Å². The molecule has 3 rings (SSSR count). The number of rotatable bonds is 6. The first-order valence-electron chi connectivity index (χ1n) is 8.01. The van der Waals surface area contributed by atoms with Crippen LogP contribution in [0.3, 0.4) is 0 Å². The third-order valence-corrected chi connectivity index (χ3v) is 4.41. The molecular weight excluding hydrogens is 380 g/mol. The van der Waals surface area contributed by atoms with Crippen molar-refractivity contribution in [3.63, 3.8) is 0 Å². The lowest BCUT2D eigenvalue weighted by Gasteiger charge is -2.12. The van der Waals surface area contributed by atoms with Gasteiger partial charge in [-0.3, -0.25) is 0 Å². The van der Waals surface area contributed by atoms with Crippen molar-refractivity contribution in [2.45, 2.75) is 13.8 Å². The molecule has 128 valence electrons. The summed E-state index contributed by atoms with van der Waals surface area (Å²) in [5.74, 6) is 2.01. The Bertz CT molecular complexity index is 870. The van der Waals surface area contributed by atoms with Crippen LogP contribution in [0.25, 0.3) is 0 Å². The van der Waals surface area contributed by atoms with Crippen molar-refractivity contribution >= 4 is 39.1 Å². The fourth-order valence-corrected chi connectivity index (χ4v) is 2.58. The first-order chi connectivity index (χ1) is 12.2. The molecule has 0 spiro atoms. The number of halogens is 1. The van der Waals surface area contributed by atoms with Gasteiger partial charge < -0.3 is 15.4 Å². The zero-order chi connectivity index (χ0) is 17.6. The molecule has 0 aliphatic carbocycles. The molecule has 2 N–H and O–H groups in total. The van der Waals surface area contributed by atoms with E-state index in [9.17, 15) is 0 Å². The first kappa shape index (κ1) is 17.2. The van der Waals surface area contributed by atoms with E-state index in [4.69, 9.17) is 4.74 Å². The standard InChI is InChI=1S/C19H19BrN4O/c1-3-25-17-7-5-4-6-16(17)23-18-10-11-21-19(24-18)22-14-8-9-15(20)13(2)12-14/h4-12H,3H2,1-2H3,(H2,21,22,23,24). The second kappa shape index (κ2) is 7.98. The molecule has 0 radical (unpaired) electrons. The second-order valence-corrected chi connectivity index (χ2v) is 6.26. The number of aryl methyl sites for hydroxylation is 1. The van der Waals surface area contributed by atoms with Crippen molar-refractivity contribution in [3.8, 4) is 5.75 Å². The highest BCUT2D eigenvalue weighted by Gasteiger charge is 2.06. The highest BCUT2D eigenvalue weighted by Crippen LogP contribution is 2.27. The predicted octanol–water partition coefficient (Wildman–Crippen LogP) is 5.43. The second-order valence-electron chi connectivity index (χ2n) is 5.41. The molecular formula is C19H19BrN4O. The van der Waals surface area contributed by atoms with Crippen LogP contribution in [0.4, 0.5) is 23.1 Å². The summed E-state index contributed by atoms with van der Waals surface area (Å²) in [6, 6.07) is 15.6. The Labute approximate surface area is 155 Å². The largest absolute Gasteiger partial charge is 0.492 e. The molecule has 0 aliphatic rings. The molecule has 5 nitrogen and oxygen atoms in total. The predicted molar refractivity (Wildman–Crippen MR) is 105 cm³/mol. The molecule has 0 saturated carbocycles. The number of hydrogen-bond donors (Lipinski definition) is 2. The van der Waals surface area contributed by atoms with Crippen LogP contribution in [-0.4, -0.2) is 16.6 Å². The summed E-state index contributed by atoms with van der Waals surface area (Å²) in [6.07, 6.45) is 1.71. The molecule has 1 aromatic heterocycles. The number of ether oxygens (including phenoxy) is 1. The Hall–Kier alpha value is -2.60. The minimum Gasteiger partial charge on any atom is -0.492 e. The molecule has 0 fully saturated rings. The van der Waals surface area contributed by atoms with Gasteiger partial charge in [0.15, 0.2) is 0 Å². The van der Waals surface area contributed by atoms with Gasteiger partial charge in [0.1, 0.15) is 11.6 Å². The van der Waals surface area contributed by atoms with Crippen molar-refractivity contribution < 1.29 is 4.74 Å². The van der Waals surface area contributed by atoms with Crippen molar-refractivity contribution in [3.05, 3.63) is 64.8 Å². The van der Waals surface area contributed by atoms with E-state index in [-0.39, 0.29) is 0 Å².